The third-order valence-electron chi connectivity index (χ3n) is 8.19. The highest BCUT2D eigenvalue weighted by atomic mass is 16.5. The number of rotatable bonds is 22. The second-order valence-corrected chi connectivity index (χ2v) is 11.0. The molecule has 0 amide bonds. The van der Waals surface area contributed by atoms with Crippen molar-refractivity contribution in [1.29, 1.82) is 0 Å². The van der Waals surface area contributed by atoms with Crippen LogP contribution in [0.15, 0.2) is 45.6 Å². The summed E-state index contributed by atoms with van der Waals surface area (Å²) in [6, 6.07) is 11.2. The maximum absolute atomic E-state index is 13.4. The summed E-state index contributed by atoms with van der Waals surface area (Å²) in [6.07, 6.45) is 11.7. The van der Waals surface area contributed by atoms with E-state index in [2.05, 4.69) is 37.5 Å². The predicted molar refractivity (Wildman–Crippen MR) is 173 cm³/mol. The zero-order valence-electron chi connectivity index (χ0n) is 26.2. The zero-order valence-corrected chi connectivity index (χ0v) is 26.2. The van der Waals surface area contributed by atoms with Crippen molar-refractivity contribution >= 4 is 21.9 Å². The molecule has 0 spiro atoms. The first-order valence-electron chi connectivity index (χ1n) is 16.3. The SMILES string of the molecule is CCN(CC)CCCCCCCOc1cccc2c(=O)c3cccc(OCCCCCCCN(CC)CC)c3oc12. The van der Waals surface area contributed by atoms with Crippen molar-refractivity contribution in [2.75, 3.05) is 52.5 Å². The number of ether oxygens (including phenoxy) is 2. The molecule has 3 rings (SSSR count). The second kappa shape index (κ2) is 18.8. The van der Waals surface area contributed by atoms with Gasteiger partial charge in [0.15, 0.2) is 22.7 Å². The van der Waals surface area contributed by atoms with Crippen molar-refractivity contribution in [3.8, 4) is 11.5 Å². The smallest absolute Gasteiger partial charge is 0.200 e. The van der Waals surface area contributed by atoms with E-state index in [1.165, 1.54) is 51.6 Å². The van der Waals surface area contributed by atoms with Gasteiger partial charge in [-0.05, 0) is 89.2 Å². The average molecular weight is 567 g/mol. The third-order valence-corrected chi connectivity index (χ3v) is 8.19. The standard InChI is InChI=1S/C35H54N2O4/c1-5-36(6-2)25-15-11-9-13-17-27-39-31-23-19-21-29-33(38)30-22-20-24-32(35(30)41-34(29)31)40-28-18-14-10-12-16-26-37(7-3)8-4/h19-24H,5-18,25-28H2,1-4H3. The average Bonchev–Trinajstić information content (AvgIpc) is 3.00. The lowest BCUT2D eigenvalue weighted by molar-refractivity contribution is 0.288. The quantitative estimate of drug-likeness (QED) is 0.0901. The molecule has 1 aromatic heterocycles. The summed E-state index contributed by atoms with van der Waals surface area (Å²) in [5.41, 5.74) is 0.973. The molecule has 0 fully saturated rings. The van der Waals surface area contributed by atoms with E-state index < -0.39 is 0 Å². The molecule has 0 aliphatic heterocycles. The minimum absolute atomic E-state index is 0.0430. The molecular formula is C35H54N2O4. The zero-order chi connectivity index (χ0) is 29.3. The second-order valence-electron chi connectivity index (χ2n) is 11.0. The van der Waals surface area contributed by atoms with Gasteiger partial charge >= 0.3 is 0 Å². The van der Waals surface area contributed by atoms with Gasteiger partial charge in [-0.1, -0.05) is 78.4 Å². The molecule has 41 heavy (non-hydrogen) atoms. The van der Waals surface area contributed by atoms with E-state index in [4.69, 9.17) is 13.9 Å². The van der Waals surface area contributed by atoms with Gasteiger partial charge in [0.25, 0.3) is 0 Å². The summed E-state index contributed by atoms with van der Waals surface area (Å²) >= 11 is 0. The van der Waals surface area contributed by atoms with Crippen LogP contribution in [0, 0.1) is 0 Å². The number of nitrogens with zero attached hydrogens (tertiary/aromatic N) is 2. The minimum Gasteiger partial charge on any atom is -0.490 e. The summed E-state index contributed by atoms with van der Waals surface area (Å²) in [4.78, 5) is 18.3. The molecule has 1 heterocycles. The van der Waals surface area contributed by atoms with Crippen LogP contribution < -0.4 is 14.9 Å². The molecule has 6 nitrogen and oxygen atoms in total. The summed E-state index contributed by atoms with van der Waals surface area (Å²) in [5, 5.41) is 1.10. The van der Waals surface area contributed by atoms with Crippen LogP contribution in [0.1, 0.15) is 91.9 Å². The molecule has 0 atom stereocenters. The van der Waals surface area contributed by atoms with Crippen LogP contribution in [0.4, 0.5) is 0 Å². The summed E-state index contributed by atoms with van der Waals surface area (Å²) < 4.78 is 18.6. The molecule has 0 radical (unpaired) electrons. The van der Waals surface area contributed by atoms with Crippen molar-refractivity contribution < 1.29 is 13.9 Å². The molecular weight excluding hydrogens is 512 g/mol. The highest BCUT2D eigenvalue weighted by molar-refractivity contribution is 5.94. The van der Waals surface area contributed by atoms with Crippen molar-refractivity contribution in [1.82, 2.24) is 9.80 Å². The van der Waals surface area contributed by atoms with E-state index >= 15 is 0 Å². The molecule has 3 aromatic rings. The molecule has 0 aliphatic carbocycles. The predicted octanol–water partition coefficient (Wildman–Crippen LogP) is 8.29. The number of para-hydroxylation sites is 2. The fraction of sp³-hybridized carbons (Fsp3) is 0.629. The molecule has 0 bridgehead atoms. The Morgan fingerprint density at radius 3 is 1.37 bits per heavy atom. The Bertz CT molecular complexity index is 1110. The molecule has 0 saturated carbocycles. The summed E-state index contributed by atoms with van der Waals surface area (Å²) in [6.45, 7) is 17.0. The first-order chi connectivity index (χ1) is 20.1. The van der Waals surface area contributed by atoms with Crippen LogP contribution in [0.2, 0.25) is 0 Å². The Labute approximate surface area is 248 Å². The highest BCUT2D eigenvalue weighted by Crippen LogP contribution is 2.31. The van der Waals surface area contributed by atoms with Gasteiger partial charge in [-0.15, -0.1) is 0 Å². The first kappa shape index (κ1) is 32.9. The van der Waals surface area contributed by atoms with Crippen molar-refractivity contribution in [2.24, 2.45) is 0 Å². The fourth-order valence-electron chi connectivity index (χ4n) is 5.45. The Balaban J connectivity index is 1.51. The van der Waals surface area contributed by atoms with Gasteiger partial charge in [0, 0.05) is 0 Å². The fourth-order valence-corrected chi connectivity index (χ4v) is 5.45. The number of hydrogen-bond acceptors (Lipinski definition) is 6. The maximum atomic E-state index is 13.4. The Morgan fingerprint density at radius 2 is 0.951 bits per heavy atom. The molecule has 0 saturated heterocycles. The lowest BCUT2D eigenvalue weighted by atomic mass is 10.1. The van der Waals surface area contributed by atoms with Crippen molar-refractivity contribution in [3.05, 3.63) is 46.6 Å². The number of benzene rings is 2. The molecule has 2 aromatic carbocycles. The molecule has 0 N–H and O–H groups in total. The Kier molecular flexibility index (Phi) is 15.1. The monoisotopic (exact) mass is 566 g/mol. The third kappa shape index (κ3) is 10.3. The van der Waals surface area contributed by atoms with E-state index in [0.717, 1.165) is 51.9 Å². The van der Waals surface area contributed by atoms with E-state index in [1.807, 2.05) is 36.4 Å². The van der Waals surface area contributed by atoms with Crippen LogP contribution in [0.5, 0.6) is 11.5 Å². The number of hydrogen-bond donors (Lipinski definition) is 0. The molecule has 0 aliphatic rings. The van der Waals surface area contributed by atoms with Gasteiger partial charge in [0.1, 0.15) is 0 Å². The maximum Gasteiger partial charge on any atom is 0.200 e. The van der Waals surface area contributed by atoms with Crippen LogP contribution in [0.25, 0.3) is 21.9 Å². The normalized spacial score (nSPS) is 11.8. The van der Waals surface area contributed by atoms with Crippen LogP contribution in [0.3, 0.4) is 0 Å². The molecule has 6 heteroatoms. The lowest BCUT2D eigenvalue weighted by Gasteiger charge is -2.17. The van der Waals surface area contributed by atoms with Gasteiger partial charge in [0.2, 0.25) is 5.43 Å². The highest BCUT2D eigenvalue weighted by Gasteiger charge is 2.15. The van der Waals surface area contributed by atoms with Crippen LogP contribution in [-0.4, -0.2) is 62.3 Å². The number of fused-ring (bicyclic) bond motifs is 2. The summed E-state index contributed by atoms with van der Waals surface area (Å²) in [5.74, 6) is 1.25. The van der Waals surface area contributed by atoms with Crippen molar-refractivity contribution in [2.45, 2.75) is 91.9 Å². The Morgan fingerprint density at radius 1 is 0.561 bits per heavy atom. The van der Waals surface area contributed by atoms with Gasteiger partial charge in [0.05, 0.1) is 24.0 Å². The van der Waals surface area contributed by atoms with Gasteiger partial charge < -0.3 is 23.7 Å². The van der Waals surface area contributed by atoms with Gasteiger partial charge in [-0.25, -0.2) is 0 Å². The largest absolute Gasteiger partial charge is 0.490 e. The topological polar surface area (TPSA) is 55.1 Å². The van der Waals surface area contributed by atoms with Crippen LogP contribution >= 0.6 is 0 Å². The van der Waals surface area contributed by atoms with E-state index in [1.54, 1.807) is 0 Å². The first-order valence-corrected chi connectivity index (χ1v) is 16.3. The molecule has 228 valence electrons. The van der Waals surface area contributed by atoms with Crippen LogP contribution in [-0.2, 0) is 0 Å². The minimum atomic E-state index is -0.0430. The van der Waals surface area contributed by atoms with E-state index in [0.29, 0.717) is 46.7 Å². The molecule has 0 unspecified atom stereocenters. The van der Waals surface area contributed by atoms with E-state index in [-0.39, 0.29) is 5.43 Å². The van der Waals surface area contributed by atoms with Gasteiger partial charge in [-0.3, -0.25) is 4.79 Å². The Hall–Kier alpha value is -2.57. The summed E-state index contributed by atoms with van der Waals surface area (Å²) in [7, 11) is 0. The number of unbranched alkanes of at least 4 members (excludes halogenated alkanes) is 8. The lowest BCUT2D eigenvalue weighted by Crippen LogP contribution is -2.23. The van der Waals surface area contributed by atoms with E-state index in [9.17, 15) is 4.79 Å². The van der Waals surface area contributed by atoms with Crippen molar-refractivity contribution in [3.63, 3.8) is 0 Å². The van der Waals surface area contributed by atoms with Gasteiger partial charge in [-0.2, -0.15) is 0 Å².